The number of carboxylic acid groups (broad SMARTS) is 1. The lowest BCUT2D eigenvalue weighted by Gasteiger charge is -2.07. The molecular formula is C12H20O4. The van der Waals surface area contributed by atoms with Crippen LogP contribution in [0.15, 0.2) is 11.8 Å². The number of carbonyl (C=O) groups is 2. The van der Waals surface area contributed by atoms with E-state index in [1.807, 2.05) is 13.0 Å². The SMILES string of the molecule is CCC=C(CCCC)OC(=O)CCC(=O)O. The van der Waals surface area contributed by atoms with E-state index in [-0.39, 0.29) is 12.8 Å². The highest BCUT2D eigenvalue weighted by Gasteiger charge is 2.09. The third kappa shape index (κ3) is 8.03. The summed E-state index contributed by atoms with van der Waals surface area (Å²) in [5.41, 5.74) is 0. The van der Waals surface area contributed by atoms with Gasteiger partial charge in [-0.1, -0.05) is 20.3 Å². The molecule has 0 aliphatic heterocycles. The van der Waals surface area contributed by atoms with Crippen molar-refractivity contribution in [2.24, 2.45) is 0 Å². The molecule has 0 radical (unpaired) electrons. The van der Waals surface area contributed by atoms with Crippen LogP contribution in [0.1, 0.15) is 52.4 Å². The van der Waals surface area contributed by atoms with E-state index in [4.69, 9.17) is 9.84 Å². The molecule has 0 unspecified atom stereocenters. The van der Waals surface area contributed by atoms with E-state index in [0.29, 0.717) is 5.76 Å². The van der Waals surface area contributed by atoms with Gasteiger partial charge in [0, 0.05) is 6.42 Å². The predicted molar refractivity (Wildman–Crippen MR) is 60.9 cm³/mol. The van der Waals surface area contributed by atoms with E-state index in [2.05, 4.69) is 6.92 Å². The molecule has 92 valence electrons. The van der Waals surface area contributed by atoms with Gasteiger partial charge in [-0.15, -0.1) is 0 Å². The van der Waals surface area contributed by atoms with Crippen LogP contribution in [0, 0.1) is 0 Å². The molecule has 0 aliphatic rings. The highest BCUT2D eigenvalue weighted by molar-refractivity contribution is 5.77. The molecule has 1 N–H and O–H groups in total. The second-order valence-corrected chi connectivity index (χ2v) is 3.55. The number of rotatable bonds is 8. The van der Waals surface area contributed by atoms with Gasteiger partial charge in [0.2, 0.25) is 0 Å². The maximum absolute atomic E-state index is 11.3. The Bertz CT molecular complexity index is 256. The average Bonchev–Trinajstić information content (AvgIpc) is 2.23. The van der Waals surface area contributed by atoms with Gasteiger partial charge in [0.05, 0.1) is 12.8 Å². The quantitative estimate of drug-likeness (QED) is 0.512. The Hall–Kier alpha value is -1.32. The Morgan fingerprint density at radius 3 is 2.38 bits per heavy atom. The molecule has 0 aromatic carbocycles. The molecule has 0 spiro atoms. The van der Waals surface area contributed by atoms with Crippen molar-refractivity contribution < 1.29 is 19.4 Å². The van der Waals surface area contributed by atoms with Crippen LogP contribution in [-0.4, -0.2) is 17.0 Å². The minimum Gasteiger partial charge on any atom is -0.481 e. The topological polar surface area (TPSA) is 63.6 Å². The predicted octanol–water partition coefficient (Wildman–Crippen LogP) is 2.88. The Kier molecular flexibility index (Phi) is 8.21. The summed E-state index contributed by atoms with van der Waals surface area (Å²) in [7, 11) is 0. The van der Waals surface area contributed by atoms with Gasteiger partial charge >= 0.3 is 11.9 Å². The number of carboxylic acids is 1. The first-order chi connectivity index (χ1) is 7.60. The summed E-state index contributed by atoms with van der Waals surface area (Å²) in [5.74, 6) is -0.774. The van der Waals surface area contributed by atoms with Crippen LogP contribution in [0.2, 0.25) is 0 Å². The van der Waals surface area contributed by atoms with E-state index >= 15 is 0 Å². The molecule has 0 heterocycles. The minimum atomic E-state index is -0.980. The van der Waals surface area contributed by atoms with Crippen molar-refractivity contribution in [3.8, 4) is 0 Å². The number of ether oxygens (including phenoxy) is 1. The summed E-state index contributed by atoms with van der Waals surface area (Å²) in [5, 5.41) is 8.42. The summed E-state index contributed by atoms with van der Waals surface area (Å²) >= 11 is 0. The molecule has 4 nitrogen and oxygen atoms in total. The van der Waals surface area contributed by atoms with E-state index < -0.39 is 11.9 Å². The molecule has 0 bridgehead atoms. The van der Waals surface area contributed by atoms with Crippen molar-refractivity contribution in [2.75, 3.05) is 0 Å². The van der Waals surface area contributed by atoms with Crippen LogP contribution in [0.3, 0.4) is 0 Å². The molecule has 0 aromatic heterocycles. The second kappa shape index (κ2) is 8.95. The van der Waals surface area contributed by atoms with E-state index in [9.17, 15) is 9.59 Å². The van der Waals surface area contributed by atoms with Crippen molar-refractivity contribution in [2.45, 2.75) is 52.4 Å². The molecule has 4 heteroatoms. The van der Waals surface area contributed by atoms with Crippen molar-refractivity contribution in [3.05, 3.63) is 11.8 Å². The van der Waals surface area contributed by atoms with E-state index in [1.165, 1.54) is 0 Å². The minimum absolute atomic E-state index is 0.0670. The number of allylic oxidation sites excluding steroid dienone is 2. The highest BCUT2D eigenvalue weighted by atomic mass is 16.5. The number of hydrogen-bond donors (Lipinski definition) is 1. The first-order valence-corrected chi connectivity index (χ1v) is 5.71. The lowest BCUT2D eigenvalue weighted by atomic mass is 10.2. The van der Waals surface area contributed by atoms with Crippen LogP contribution in [-0.2, 0) is 14.3 Å². The van der Waals surface area contributed by atoms with Gasteiger partial charge in [-0.2, -0.15) is 0 Å². The first kappa shape index (κ1) is 14.7. The van der Waals surface area contributed by atoms with Crippen molar-refractivity contribution in [1.82, 2.24) is 0 Å². The first-order valence-electron chi connectivity index (χ1n) is 5.71. The zero-order valence-electron chi connectivity index (χ0n) is 9.99. The van der Waals surface area contributed by atoms with E-state index in [0.717, 1.165) is 25.7 Å². The Balaban J connectivity index is 4.03. The number of aliphatic carboxylic acids is 1. The van der Waals surface area contributed by atoms with Crippen molar-refractivity contribution >= 4 is 11.9 Å². The lowest BCUT2D eigenvalue weighted by Crippen LogP contribution is -2.07. The largest absolute Gasteiger partial charge is 0.481 e. The van der Waals surface area contributed by atoms with Gasteiger partial charge in [0.15, 0.2) is 0 Å². The fourth-order valence-corrected chi connectivity index (χ4v) is 1.18. The van der Waals surface area contributed by atoms with Crippen LogP contribution < -0.4 is 0 Å². The van der Waals surface area contributed by atoms with Crippen molar-refractivity contribution in [1.29, 1.82) is 0 Å². The Morgan fingerprint density at radius 1 is 1.19 bits per heavy atom. The number of unbranched alkanes of at least 4 members (excludes halogenated alkanes) is 1. The van der Waals surface area contributed by atoms with Gasteiger partial charge in [0.1, 0.15) is 5.76 Å². The zero-order chi connectivity index (χ0) is 12.4. The molecular weight excluding hydrogens is 208 g/mol. The number of hydrogen-bond acceptors (Lipinski definition) is 3. The van der Waals surface area contributed by atoms with Gasteiger partial charge in [-0.25, -0.2) is 0 Å². The van der Waals surface area contributed by atoms with Crippen LogP contribution >= 0.6 is 0 Å². The second-order valence-electron chi connectivity index (χ2n) is 3.55. The van der Waals surface area contributed by atoms with Crippen molar-refractivity contribution in [3.63, 3.8) is 0 Å². The van der Waals surface area contributed by atoms with Gasteiger partial charge in [0.25, 0.3) is 0 Å². The van der Waals surface area contributed by atoms with Crippen LogP contribution in [0.25, 0.3) is 0 Å². The summed E-state index contributed by atoms with van der Waals surface area (Å²) in [6, 6.07) is 0. The molecule has 0 rings (SSSR count). The molecule has 0 amide bonds. The summed E-state index contributed by atoms with van der Waals surface area (Å²) in [4.78, 5) is 21.5. The maximum atomic E-state index is 11.3. The third-order valence-corrected chi connectivity index (χ3v) is 2.00. The molecule has 0 aliphatic carbocycles. The standard InChI is InChI=1S/C12H20O4/c1-3-5-7-10(6-4-2)16-12(15)9-8-11(13)14/h6H,3-5,7-9H2,1-2H3,(H,13,14). The van der Waals surface area contributed by atoms with Crippen LogP contribution in [0.5, 0.6) is 0 Å². The lowest BCUT2D eigenvalue weighted by molar-refractivity contribution is -0.145. The highest BCUT2D eigenvalue weighted by Crippen LogP contribution is 2.11. The zero-order valence-corrected chi connectivity index (χ0v) is 9.99. The monoisotopic (exact) mass is 228 g/mol. The molecule has 0 saturated carbocycles. The fourth-order valence-electron chi connectivity index (χ4n) is 1.18. The maximum Gasteiger partial charge on any atom is 0.311 e. The van der Waals surface area contributed by atoms with Gasteiger partial charge in [-0.3, -0.25) is 9.59 Å². The molecule has 0 fully saturated rings. The average molecular weight is 228 g/mol. The van der Waals surface area contributed by atoms with Crippen LogP contribution in [0.4, 0.5) is 0 Å². The molecule has 0 aromatic rings. The number of esters is 1. The third-order valence-electron chi connectivity index (χ3n) is 2.00. The van der Waals surface area contributed by atoms with Gasteiger partial charge in [-0.05, 0) is 18.9 Å². The molecule has 0 atom stereocenters. The number of carbonyl (C=O) groups excluding carboxylic acids is 1. The normalized spacial score (nSPS) is 11.2. The fraction of sp³-hybridized carbons (Fsp3) is 0.667. The smallest absolute Gasteiger partial charge is 0.311 e. The van der Waals surface area contributed by atoms with E-state index in [1.54, 1.807) is 0 Å². The Labute approximate surface area is 96.3 Å². The molecule has 16 heavy (non-hydrogen) atoms. The van der Waals surface area contributed by atoms with Gasteiger partial charge < -0.3 is 9.84 Å². The molecule has 0 saturated heterocycles. The Morgan fingerprint density at radius 2 is 1.88 bits per heavy atom. The summed E-state index contributed by atoms with van der Waals surface area (Å²) < 4.78 is 5.10. The summed E-state index contributed by atoms with van der Waals surface area (Å²) in [6.07, 6.45) is 5.18. The summed E-state index contributed by atoms with van der Waals surface area (Å²) in [6.45, 7) is 4.03.